The molecule has 160 valence electrons. The first-order valence-corrected chi connectivity index (χ1v) is 12.3. The lowest BCUT2D eigenvalue weighted by atomic mass is 9.84. The van der Waals surface area contributed by atoms with Crippen LogP contribution in [-0.2, 0) is 9.59 Å². The molecule has 0 aliphatic heterocycles. The minimum Gasteiger partial charge on any atom is -0.353 e. The predicted octanol–water partition coefficient (Wildman–Crippen LogP) is 5.11. The number of carbonyl (C=O) groups excluding carboxylic acids is 2. The fourth-order valence-electron chi connectivity index (χ4n) is 5.78. The van der Waals surface area contributed by atoms with Gasteiger partial charge in [0.2, 0.25) is 11.8 Å². The summed E-state index contributed by atoms with van der Waals surface area (Å²) in [6, 6.07) is 0.691. The van der Waals surface area contributed by atoms with Crippen molar-refractivity contribution in [1.29, 1.82) is 0 Å². The van der Waals surface area contributed by atoms with Crippen molar-refractivity contribution in [2.75, 3.05) is 0 Å². The van der Waals surface area contributed by atoms with E-state index in [2.05, 4.69) is 17.6 Å². The maximum atomic E-state index is 12.8. The number of unbranched alkanes of at least 4 members (excludes halogenated alkanes) is 1. The Morgan fingerprint density at radius 1 is 0.821 bits per heavy atom. The fourth-order valence-corrected chi connectivity index (χ4v) is 5.78. The van der Waals surface area contributed by atoms with Gasteiger partial charge < -0.3 is 10.6 Å². The molecule has 0 aromatic carbocycles. The van der Waals surface area contributed by atoms with Gasteiger partial charge in [0.25, 0.3) is 0 Å². The monoisotopic (exact) mass is 390 g/mol. The van der Waals surface area contributed by atoms with E-state index in [4.69, 9.17) is 0 Å². The second-order valence-corrected chi connectivity index (χ2v) is 9.77. The molecule has 0 radical (unpaired) electrons. The molecule has 3 aliphatic rings. The van der Waals surface area contributed by atoms with E-state index in [1.807, 2.05) is 0 Å². The molecule has 4 heteroatoms. The molecule has 0 bridgehead atoms. The van der Waals surface area contributed by atoms with Crippen LogP contribution in [0.3, 0.4) is 0 Å². The highest BCUT2D eigenvalue weighted by atomic mass is 16.2. The molecule has 2 unspecified atom stereocenters. The third kappa shape index (κ3) is 6.49. The minimum absolute atomic E-state index is 0.152. The van der Waals surface area contributed by atoms with Crippen molar-refractivity contribution < 1.29 is 9.59 Å². The quantitative estimate of drug-likeness (QED) is 0.605. The molecule has 2 atom stereocenters. The van der Waals surface area contributed by atoms with Gasteiger partial charge in [-0.3, -0.25) is 9.59 Å². The largest absolute Gasteiger partial charge is 0.353 e. The topological polar surface area (TPSA) is 58.2 Å². The maximum absolute atomic E-state index is 12.8. The summed E-state index contributed by atoms with van der Waals surface area (Å²) in [4.78, 5) is 25.1. The minimum atomic E-state index is 0.152. The summed E-state index contributed by atoms with van der Waals surface area (Å²) in [5.41, 5.74) is 0. The number of rotatable bonds is 8. The van der Waals surface area contributed by atoms with Crippen LogP contribution in [0.5, 0.6) is 0 Å². The van der Waals surface area contributed by atoms with Gasteiger partial charge in [0.15, 0.2) is 0 Å². The van der Waals surface area contributed by atoms with Crippen LogP contribution >= 0.6 is 0 Å². The van der Waals surface area contributed by atoms with Gasteiger partial charge in [0, 0.05) is 24.4 Å². The Labute approximate surface area is 172 Å². The van der Waals surface area contributed by atoms with E-state index >= 15 is 0 Å². The van der Waals surface area contributed by atoms with E-state index in [1.165, 1.54) is 64.2 Å². The zero-order valence-corrected chi connectivity index (χ0v) is 18.0. The van der Waals surface area contributed by atoms with Crippen molar-refractivity contribution in [1.82, 2.24) is 10.6 Å². The van der Waals surface area contributed by atoms with Gasteiger partial charge in [0.05, 0.1) is 0 Å². The van der Waals surface area contributed by atoms with E-state index in [1.54, 1.807) is 0 Å². The second kappa shape index (κ2) is 11.2. The molecule has 3 saturated carbocycles. The first-order chi connectivity index (χ1) is 13.7. The summed E-state index contributed by atoms with van der Waals surface area (Å²) in [6.45, 7) is 2.24. The molecule has 0 heterocycles. The van der Waals surface area contributed by atoms with Gasteiger partial charge >= 0.3 is 0 Å². The Bertz CT molecular complexity index is 493. The molecule has 28 heavy (non-hydrogen) atoms. The molecule has 2 N–H and O–H groups in total. The van der Waals surface area contributed by atoms with E-state index in [9.17, 15) is 9.59 Å². The Morgan fingerprint density at radius 2 is 1.57 bits per heavy atom. The summed E-state index contributed by atoms with van der Waals surface area (Å²) < 4.78 is 0. The van der Waals surface area contributed by atoms with Crippen molar-refractivity contribution in [3.63, 3.8) is 0 Å². The lowest BCUT2D eigenvalue weighted by Crippen LogP contribution is -2.44. The van der Waals surface area contributed by atoms with E-state index < -0.39 is 0 Å². The Balaban J connectivity index is 1.35. The number of amides is 2. The summed E-state index contributed by atoms with van der Waals surface area (Å²) in [7, 11) is 0. The number of nitrogens with one attached hydrogen (secondary N) is 2. The molecule has 2 amide bonds. The molecule has 4 nitrogen and oxygen atoms in total. The summed E-state index contributed by atoms with van der Waals surface area (Å²) in [5.74, 6) is 1.96. The smallest absolute Gasteiger partial charge is 0.223 e. The molecule has 3 aliphatic carbocycles. The van der Waals surface area contributed by atoms with Gasteiger partial charge in [-0.1, -0.05) is 45.4 Å². The fraction of sp³-hybridized carbons (Fsp3) is 0.917. The summed E-state index contributed by atoms with van der Waals surface area (Å²) in [6.07, 6.45) is 18.3. The van der Waals surface area contributed by atoms with Crippen molar-refractivity contribution in [2.45, 2.75) is 122 Å². The van der Waals surface area contributed by atoms with Crippen LogP contribution in [-0.4, -0.2) is 23.9 Å². The van der Waals surface area contributed by atoms with Crippen LogP contribution in [0, 0.1) is 17.8 Å². The van der Waals surface area contributed by atoms with Gasteiger partial charge in [0.1, 0.15) is 0 Å². The highest BCUT2D eigenvalue weighted by Gasteiger charge is 2.32. The van der Waals surface area contributed by atoms with Gasteiger partial charge in [-0.25, -0.2) is 0 Å². The molecule has 0 saturated heterocycles. The van der Waals surface area contributed by atoms with Gasteiger partial charge in [-0.15, -0.1) is 0 Å². The molecular formula is C24H42N2O2. The number of hydrogen-bond acceptors (Lipinski definition) is 2. The lowest BCUT2D eigenvalue weighted by Gasteiger charge is -2.31. The van der Waals surface area contributed by atoms with E-state index in [-0.39, 0.29) is 23.8 Å². The summed E-state index contributed by atoms with van der Waals surface area (Å²) in [5, 5.41) is 6.65. The first kappa shape index (κ1) is 21.6. The summed E-state index contributed by atoms with van der Waals surface area (Å²) >= 11 is 0. The molecule has 3 fully saturated rings. The van der Waals surface area contributed by atoms with Crippen LogP contribution in [0.2, 0.25) is 0 Å². The molecular weight excluding hydrogens is 348 g/mol. The molecule has 0 aromatic heterocycles. The SMILES string of the molecule is CCCCC1CCCC1NC(=O)C1CCC(NC(=O)CC2CCCCC2)CC1. The standard InChI is InChI=1S/C24H42N2O2/c1-2-3-10-19-11-7-12-22(19)26-24(28)20-13-15-21(16-14-20)25-23(27)17-18-8-5-4-6-9-18/h18-22H,2-17H2,1H3,(H,25,27)(H,26,28). The van der Waals surface area contributed by atoms with Crippen molar-refractivity contribution in [2.24, 2.45) is 17.8 Å². The van der Waals surface area contributed by atoms with Gasteiger partial charge in [-0.2, -0.15) is 0 Å². The van der Waals surface area contributed by atoms with Crippen LogP contribution in [0.25, 0.3) is 0 Å². The van der Waals surface area contributed by atoms with Crippen LogP contribution in [0.1, 0.15) is 110 Å². The Hall–Kier alpha value is -1.06. The highest BCUT2D eigenvalue weighted by Crippen LogP contribution is 2.32. The van der Waals surface area contributed by atoms with Crippen LogP contribution < -0.4 is 10.6 Å². The Morgan fingerprint density at radius 3 is 2.29 bits per heavy atom. The van der Waals surface area contributed by atoms with Crippen LogP contribution in [0.4, 0.5) is 0 Å². The Kier molecular flexibility index (Phi) is 8.66. The predicted molar refractivity (Wildman–Crippen MR) is 114 cm³/mol. The third-order valence-corrected chi connectivity index (χ3v) is 7.58. The van der Waals surface area contributed by atoms with Crippen molar-refractivity contribution in [3.8, 4) is 0 Å². The van der Waals surface area contributed by atoms with Crippen molar-refractivity contribution >= 4 is 11.8 Å². The zero-order chi connectivity index (χ0) is 19.8. The molecule has 0 aromatic rings. The maximum Gasteiger partial charge on any atom is 0.223 e. The van der Waals surface area contributed by atoms with Crippen molar-refractivity contribution in [3.05, 3.63) is 0 Å². The van der Waals surface area contributed by atoms with E-state index in [0.717, 1.165) is 32.1 Å². The normalized spacial score (nSPS) is 31.5. The third-order valence-electron chi connectivity index (χ3n) is 7.58. The molecule has 0 spiro atoms. The first-order valence-electron chi connectivity index (χ1n) is 12.3. The zero-order valence-electron chi connectivity index (χ0n) is 18.0. The number of carbonyl (C=O) groups is 2. The lowest BCUT2D eigenvalue weighted by molar-refractivity contribution is -0.127. The second-order valence-electron chi connectivity index (χ2n) is 9.77. The number of hydrogen-bond donors (Lipinski definition) is 2. The average molecular weight is 391 g/mol. The molecule has 3 rings (SSSR count). The van der Waals surface area contributed by atoms with Gasteiger partial charge in [-0.05, 0) is 69.6 Å². The highest BCUT2D eigenvalue weighted by molar-refractivity contribution is 5.79. The van der Waals surface area contributed by atoms with E-state index in [0.29, 0.717) is 24.3 Å². The van der Waals surface area contributed by atoms with Crippen LogP contribution in [0.15, 0.2) is 0 Å². The average Bonchev–Trinajstić information content (AvgIpc) is 3.14.